The van der Waals surface area contributed by atoms with Crippen LogP contribution in [0.2, 0.25) is 0 Å². The largest absolute Gasteiger partial charge is 0.310 e. The van der Waals surface area contributed by atoms with Gasteiger partial charge in [0.15, 0.2) is 0 Å². The van der Waals surface area contributed by atoms with Gasteiger partial charge in [-0.15, -0.1) is 11.8 Å². The third-order valence-corrected chi connectivity index (χ3v) is 5.41. The quantitative estimate of drug-likeness (QED) is 0.763. The first-order valence-corrected chi connectivity index (χ1v) is 8.78. The molecule has 2 rings (SSSR count). The Morgan fingerprint density at radius 3 is 2.75 bits per heavy atom. The molecule has 3 heteroatoms. The highest BCUT2D eigenvalue weighted by molar-refractivity contribution is 8.00. The fraction of sp³-hybridized carbons (Fsp3) is 0.647. The molecule has 0 radical (unpaired) electrons. The monoisotopic (exact) mass is 295 g/mol. The van der Waals surface area contributed by atoms with Gasteiger partial charge in [0, 0.05) is 21.8 Å². The van der Waals surface area contributed by atoms with Gasteiger partial charge in [-0.1, -0.05) is 32.3 Å². The molecule has 0 saturated heterocycles. The fourth-order valence-electron chi connectivity index (χ4n) is 2.87. The lowest BCUT2D eigenvalue weighted by Gasteiger charge is -2.24. The smallest absolute Gasteiger partial charge is 0.129 e. The summed E-state index contributed by atoms with van der Waals surface area (Å²) in [6, 6.07) is 5.60. The van der Waals surface area contributed by atoms with Crippen LogP contribution in [0.1, 0.15) is 64.0 Å². The number of rotatable bonds is 6. The van der Waals surface area contributed by atoms with Crippen LogP contribution in [0.5, 0.6) is 0 Å². The van der Waals surface area contributed by atoms with Gasteiger partial charge in [-0.2, -0.15) is 0 Å². The van der Waals surface area contributed by atoms with Crippen molar-refractivity contribution in [2.75, 3.05) is 6.54 Å². The standard InChI is InChI=1S/C17H26FNS/c1-3-12-19-13(2)17-15(18)10-7-11-16(17)20-14-8-5-4-6-9-14/h7,10-11,13-14,19H,3-6,8-9,12H2,1-2H3. The van der Waals surface area contributed by atoms with Crippen LogP contribution in [0.15, 0.2) is 23.1 Å². The summed E-state index contributed by atoms with van der Waals surface area (Å²) in [4.78, 5) is 1.13. The molecule has 0 bridgehead atoms. The summed E-state index contributed by atoms with van der Waals surface area (Å²) >= 11 is 1.89. The highest BCUT2D eigenvalue weighted by Gasteiger charge is 2.20. The van der Waals surface area contributed by atoms with E-state index in [9.17, 15) is 4.39 Å². The van der Waals surface area contributed by atoms with E-state index < -0.39 is 0 Å². The minimum atomic E-state index is -0.0677. The van der Waals surface area contributed by atoms with Crippen molar-refractivity contribution in [3.8, 4) is 0 Å². The Hall–Kier alpha value is -0.540. The number of benzene rings is 1. The average Bonchev–Trinajstić information content (AvgIpc) is 2.46. The molecule has 1 aliphatic carbocycles. The van der Waals surface area contributed by atoms with Crippen LogP contribution >= 0.6 is 11.8 Å². The maximum absolute atomic E-state index is 14.2. The molecule has 0 aliphatic heterocycles. The minimum Gasteiger partial charge on any atom is -0.310 e. The van der Waals surface area contributed by atoms with E-state index >= 15 is 0 Å². The van der Waals surface area contributed by atoms with Crippen LogP contribution in [0.3, 0.4) is 0 Å². The Balaban J connectivity index is 2.12. The van der Waals surface area contributed by atoms with Crippen molar-refractivity contribution in [2.45, 2.75) is 68.6 Å². The van der Waals surface area contributed by atoms with Crippen LogP contribution in [-0.4, -0.2) is 11.8 Å². The molecule has 0 aromatic heterocycles. The van der Waals surface area contributed by atoms with Gasteiger partial charge in [0.2, 0.25) is 0 Å². The van der Waals surface area contributed by atoms with E-state index in [1.54, 1.807) is 6.07 Å². The lowest BCUT2D eigenvalue weighted by atomic mass is 10.0. The van der Waals surface area contributed by atoms with Gasteiger partial charge in [0.05, 0.1) is 0 Å². The van der Waals surface area contributed by atoms with Gasteiger partial charge < -0.3 is 5.32 Å². The van der Waals surface area contributed by atoms with E-state index in [4.69, 9.17) is 0 Å². The predicted octanol–water partition coefficient (Wildman–Crippen LogP) is 5.31. The molecular formula is C17H26FNS. The van der Waals surface area contributed by atoms with Crippen molar-refractivity contribution >= 4 is 11.8 Å². The van der Waals surface area contributed by atoms with E-state index in [0.29, 0.717) is 5.25 Å². The number of hydrogen-bond donors (Lipinski definition) is 1. The number of hydrogen-bond acceptors (Lipinski definition) is 2. The van der Waals surface area contributed by atoms with Gasteiger partial charge in [0.25, 0.3) is 0 Å². The minimum absolute atomic E-state index is 0.0677. The summed E-state index contributed by atoms with van der Waals surface area (Å²) in [6.45, 7) is 5.14. The number of nitrogens with one attached hydrogen (secondary N) is 1. The van der Waals surface area contributed by atoms with Gasteiger partial charge in [-0.3, -0.25) is 0 Å². The normalized spacial score (nSPS) is 18.1. The molecule has 1 fully saturated rings. The molecule has 0 heterocycles. The van der Waals surface area contributed by atoms with E-state index in [2.05, 4.69) is 25.2 Å². The summed E-state index contributed by atoms with van der Waals surface area (Å²) in [6.07, 6.45) is 7.64. The van der Waals surface area contributed by atoms with Crippen LogP contribution in [0, 0.1) is 5.82 Å². The Morgan fingerprint density at radius 1 is 1.30 bits per heavy atom. The molecule has 1 nitrogen and oxygen atoms in total. The van der Waals surface area contributed by atoms with E-state index in [1.165, 1.54) is 32.1 Å². The van der Waals surface area contributed by atoms with E-state index in [0.717, 1.165) is 23.4 Å². The molecule has 1 unspecified atom stereocenters. The maximum Gasteiger partial charge on any atom is 0.129 e. The van der Waals surface area contributed by atoms with Crippen LogP contribution in [0.25, 0.3) is 0 Å². The molecule has 0 amide bonds. The fourth-order valence-corrected chi connectivity index (χ4v) is 4.35. The first-order valence-electron chi connectivity index (χ1n) is 7.90. The second-order valence-corrected chi connectivity index (χ2v) is 7.05. The molecule has 1 aliphatic rings. The van der Waals surface area contributed by atoms with Gasteiger partial charge >= 0.3 is 0 Å². The third kappa shape index (κ3) is 4.23. The molecular weight excluding hydrogens is 269 g/mol. The Labute approximate surface area is 126 Å². The van der Waals surface area contributed by atoms with Crippen molar-refractivity contribution < 1.29 is 4.39 Å². The number of thioether (sulfide) groups is 1. The van der Waals surface area contributed by atoms with Crippen LogP contribution in [-0.2, 0) is 0 Å². The van der Waals surface area contributed by atoms with Crippen LogP contribution in [0.4, 0.5) is 4.39 Å². The summed E-state index contributed by atoms with van der Waals surface area (Å²) in [5, 5.41) is 4.08. The Kier molecular flexibility index (Phi) is 6.37. The molecule has 0 spiro atoms. The topological polar surface area (TPSA) is 12.0 Å². The predicted molar refractivity (Wildman–Crippen MR) is 85.8 cm³/mol. The van der Waals surface area contributed by atoms with E-state index in [-0.39, 0.29) is 11.9 Å². The maximum atomic E-state index is 14.2. The second-order valence-electron chi connectivity index (χ2n) is 5.71. The molecule has 1 aromatic rings. The van der Waals surface area contributed by atoms with Crippen molar-refractivity contribution in [3.63, 3.8) is 0 Å². The highest BCUT2D eigenvalue weighted by atomic mass is 32.2. The first-order chi connectivity index (χ1) is 9.72. The molecule has 1 N–H and O–H groups in total. The van der Waals surface area contributed by atoms with E-state index in [1.807, 2.05) is 17.8 Å². The first kappa shape index (κ1) is 15.8. The zero-order valence-corrected chi connectivity index (χ0v) is 13.4. The Morgan fingerprint density at radius 2 is 2.05 bits per heavy atom. The molecule has 1 aromatic carbocycles. The van der Waals surface area contributed by atoms with Gasteiger partial charge in [-0.25, -0.2) is 4.39 Å². The van der Waals surface area contributed by atoms with Crippen molar-refractivity contribution in [1.82, 2.24) is 5.32 Å². The number of halogens is 1. The molecule has 1 atom stereocenters. The lowest BCUT2D eigenvalue weighted by Crippen LogP contribution is -2.21. The average molecular weight is 295 g/mol. The van der Waals surface area contributed by atoms with Crippen molar-refractivity contribution in [3.05, 3.63) is 29.6 Å². The molecule has 1 saturated carbocycles. The molecule has 112 valence electrons. The van der Waals surface area contributed by atoms with Gasteiger partial charge in [0.1, 0.15) is 5.82 Å². The zero-order chi connectivity index (χ0) is 14.4. The zero-order valence-electron chi connectivity index (χ0n) is 12.6. The summed E-state index contributed by atoms with van der Waals surface area (Å²) < 4.78 is 14.2. The van der Waals surface area contributed by atoms with Gasteiger partial charge in [-0.05, 0) is 44.9 Å². The summed E-state index contributed by atoms with van der Waals surface area (Å²) in [5.41, 5.74) is 0.858. The lowest BCUT2D eigenvalue weighted by molar-refractivity contribution is 0.510. The highest BCUT2D eigenvalue weighted by Crippen LogP contribution is 2.37. The SMILES string of the molecule is CCCNC(C)c1c(F)cccc1SC1CCCCC1. The van der Waals surface area contributed by atoms with Crippen LogP contribution < -0.4 is 5.32 Å². The van der Waals surface area contributed by atoms with Crippen molar-refractivity contribution in [1.29, 1.82) is 0 Å². The second kappa shape index (κ2) is 8.04. The molecule has 20 heavy (non-hydrogen) atoms. The summed E-state index contributed by atoms with van der Waals surface area (Å²) in [5.74, 6) is -0.0677. The van der Waals surface area contributed by atoms with Crippen molar-refractivity contribution in [2.24, 2.45) is 0 Å². The Bertz CT molecular complexity index is 415. The summed E-state index contributed by atoms with van der Waals surface area (Å²) in [7, 11) is 0. The third-order valence-electron chi connectivity index (χ3n) is 3.99.